The van der Waals surface area contributed by atoms with Crippen LogP contribution in [0.25, 0.3) is 0 Å². The average Bonchev–Trinajstić information content (AvgIpc) is 3.43. The van der Waals surface area contributed by atoms with Crippen LogP contribution in [0.1, 0.15) is 68.1 Å². The molecule has 1 aliphatic heterocycles. The Morgan fingerprint density at radius 3 is 1.54 bits per heavy atom. The molecule has 56 heavy (non-hydrogen) atoms. The fraction of sp³-hybridized carbons (Fsp3) is 0.441. The summed E-state index contributed by atoms with van der Waals surface area (Å²) in [6.07, 6.45) is -1.63. The third kappa shape index (κ3) is 16.6. The number of hydrogen-bond acceptors (Lipinski definition) is 11. The van der Waals surface area contributed by atoms with Crippen LogP contribution in [0.2, 0.25) is 0 Å². The molecule has 9 N–H and O–H groups in total. The van der Waals surface area contributed by atoms with Crippen LogP contribution in [0, 0.1) is 3.57 Å². The molecule has 4 atom stereocenters. The van der Waals surface area contributed by atoms with Crippen LogP contribution in [-0.4, -0.2) is 128 Å². The molecule has 1 heterocycles. The van der Waals surface area contributed by atoms with E-state index in [2.05, 4.69) is 49.2 Å². The van der Waals surface area contributed by atoms with Crippen molar-refractivity contribution < 1.29 is 73.2 Å². The predicted octanol–water partition coefficient (Wildman–Crippen LogP) is -1.27. The van der Waals surface area contributed by atoms with Crippen molar-refractivity contribution in [3.05, 3.63) is 45.6 Å². The maximum absolute atomic E-state index is 13.4. The number of benzene rings is 1. The average molecular weight is 901 g/mol. The molecule has 0 aliphatic carbocycles. The van der Waals surface area contributed by atoms with Crippen LogP contribution < -0.4 is 26.6 Å². The Morgan fingerprint density at radius 1 is 0.625 bits per heavy atom. The van der Waals surface area contributed by atoms with Crippen LogP contribution >= 0.6 is 22.6 Å². The van der Waals surface area contributed by atoms with E-state index in [9.17, 15) is 68.1 Å². The first kappa shape index (κ1) is 46.2. The normalized spacial score (nSPS) is 14.1. The fourth-order valence-corrected chi connectivity index (χ4v) is 5.61. The molecule has 2 rings (SSSR count). The van der Waals surface area contributed by atoms with Gasteiger partial charge in [-0.1, -0.05) is 6.07 Å². The number of carbonyl (C=O) groups excluding carboxylic acids is 7. The van der Waals surface area contributed by atoms with Crippen LogP contribution in [0.4, 0.5) is 0 Å². The zero-order chi connectivity index (χ0) is 41.9. The number of rotatable bonds is 25. The van der Waals surface area contributed by atoms with Crippen molar-refractivity contribution in [1.29, 1.82) is 0 Å². The highest BCUT2D eigenvalue weighted by molar-refractivity contribution is 14.1. The Hall–Kier alpha value is -5.94. The molecule has 0 saturated heterocycles. The van der Waals surface area contributed by atoms with Gasteiger partial charge in [0.2, 0.25) is 23.6 Å². The molecule has 0 bridgehead atoms. The van der Waals surface area contributed by atoms with Gasteiger partial charge < -0.3 is 47.0 Å². The maximum atomic E-state index is 13.4. The number of hydrogen-bond donors (Lipinski definition) is 9. The highest BCUT2D eigenvalue weighted by Crippen LogP contribution is 2.10. The van der Waals surface area contributed by atoms with E-state index < -0.39 is 129 Å². The summed E-state index contributed by atoms with van der Waals surface area (Å²) in [6.45, 7) is -0.659. The molecular weight excluding hydrogens is 859 g/mol. The molecule has 0 unspecified atom stereocenters. The second kappa shape index (κ2) is 23.1. The molecule has 0 fully saturated rings. The topological polar surface area (TPSA) is 332 Å². The van der Waals surface area contributed by atoms with E-state index in [0.717, 1.165) is 15.7 Å². The lowest BCUT2D eigenvalue weighted by Crippen LogP contribution is -2.58. The molecule has 22 heteroatoms. The summed E-state index contributed by atoms with van der Waals surface area (Å²) in [6, 6.07) is 0.159. The molecule has 7 amide bonds. The minimum atomic E-state index is -1.77. The van der Waals surface area contributed by atoms with Crippen molar-refractivity contribution in [2.45, 2.75) is 82.0 Å². The van der Waals surface area contributed by atoms with Crippen molar-refractivity contribution in [3.63, 3.8) is 0 Å². The van der Waals surface area contributed by atoms with Gasteiger partial charge >= 0.3 is 23.9 Å². The Balaban J connectivity index is 2.14. The van der Waals surface area contributed by atoms with Gasteiger partial charge in [0.1, 0.15) is 30.7 Å². The van der Waals surface area contributed by atoms with Gasteiger partial charge in [-0.25, -0.2) is 4.79 Å². The molecule has 21 nitrogen and oxygen atoms in total. The van der Waals surface area contributed by atoms with Crippen molar-refractivity contribution in [3.8, 4) is 0 Å². The molecule has 1 aromatic rings. The van der Waals surface area contributed by atoms with Gasteiger partial charge in [-0.05, 0) is 79.3 Å². The molecule has 0 radical (unpaired) electrons. The summed E-state index contributed by atoms with van der Waals surface area (Å²) in [5.74, 6) is -12.2. The number of unbranched alkanes of at least 4 members (excludes halogenated alkanes) is 1. The van der Waals surface area contributed by atoms with Gasteiger partial charge in [0, 0.05) is 47.1 Å². The zero-order valence-electron chi connectivity index (χ0n) is 29.7. The summed E-state index contributed by atoms with van der Waals surface area (Å²) in [7, 11) is 0. The number of imide groups is 1. The monoisotopic (exact) mass is 900 g/mol. The molecule has 0 saturated carbocycles. The third-order valence-corrected chi connectivity index (χ3v) is 8.64. The smallest absolute Gasteiger partial charge is 0.326 e. The van der Waals surface area contributed by atoms with Gasteiger partial charge in [-0.2, -0.15) is 0 Å². The highest BCUT2D eigenvalue weighted by atomic mass is 127. The predicted molar refractivity (Wildman–Crippen MR) is 197 cm³/mol. The van der Waals surface area contributed by atoms with Gasteiger partial charge in [0.15, 0.2) is 0 Å². The number of carbonyl (C=O) groups is 11. The number of carboxylic acids is 4. The molecule has 304 valence electrons. The largest absolute Gasteiger partial charge is 0.481 e. The number of aliphatic carboxylic acids is 4. The van der Waals surface area contributed by atoms with Gasteiger partial charge in [-0.3, -0.25) is 52.8 Å². The molecule has 0 spiro atoms. The number of nitrogens with one attached hydrogen (secondary N) is 5. The van der Waals surface area contributed by atoms with Crippen LogP contribution in [0.15, 0.2) is 36.4 Å². The Morgan fingerprint density at radius 2 is 1.09 bits per heavy atom. The first-order valence-corrected chi connectivity index (χ1v) is 18.1. The summed E-state index contributed by atoms with van der Waals surface area (Å²) in [5.41, 5.74) is 0.430. The standard InChI is InChI=1S/C34H41IN6O15/c35-19-5-3-4-18(16-19)30(51)36-15-2-1-6-23(34(55)56)40-33(54)22(9-14-29(49)50)39-32(53)21(8-13-28(47)48)38-31(52)20(7-12-27(45)46)37-24(42)17-41-25(43)10-11-26(41)44/h3-5,10-11,16,20-23H,1-2,6-9,12-15,17H2,(H,36,51)(H,37,42)(H,38,52)(H,39,53)(H,40,54)(H,45,46)(H,47,48)(H,49,50)(H,55,56)/t20-,21-,22-,23-/m1/s1. The van der Waals surface area contributed by atoms with Crippen molar-refractivity contribution in [1.82, 2.24) is 31.5 Å². The van der Waals surface area contributed by atoms with E-state index in [4.69, 9.17) is 5.11 Å². The van der Waals surface area contributed by atoms with Gasteiger partial charge in [-0.15, -0.1) is 0 Å². The maximum Gasteiger partial charge on any atom is 0.326 e. The van der Waals surface area contributed by atoms with Gasteiger partial charge in [0.05, 0.1) is 0 Å². The third-order valence-electron chi connectivity index (χ3n) is 7.97. The number of nitrogens with zero attached hydrogens (tertiary/aromatic N) is 1. The Labute approximate surface area is 332 Å². The lowest BCUT2D eigenvalue weighted by molar-refractivity contribution is -0.143. The van der Waals surface area contributed by atoms with E-state index in [0.29, 0.717) is 16.9 Å². The SMILES string of the molecule is O=C(O)CC[C@@H](NC(=O)CN1C(=O)C=CC1=O)C(=O)N[C@H](CCC(=O)O)C(=O)N[C@H](CCC(=O)O)C(=O)N[C@H](CCCCNC(=O)c1cccc(I)c1)C(=O)O. The van der Waals surface area contributed by atoms with Crippen LogP contribution in [0.3, 0.4) is 0 Å². The minimum Gasteiger partial charge on any atom is -0.481 e. The second-order valence-electron chi connectivity index (χ2n) is 12.3. The lowest BCUT2D eigenvalue weighted by atomic mass is 10.0. The first-order valence-electron chi connectivity index (χ1n) is 17.0. The summed E-state index contributed by atoms with van der Waals surface area (Å²) < 4.78 is 0.850. The first-order chi connectivity index (χ1) is 26.4. The lowest BCUT2D eigenvalue weighted by Gasteiger charge is -2.26. The van der Waals surface area contributed by atoms with Crippen LogP contribution in [-0.2, 0) is 47.9 Å². The number of halogens is 1. The van der Waals surface area contributed by atoms with Crippen molar-refractivity contribution in [2.24, 2.45) is 0 Å². The minimum absolute atomic E-state index is 0.128. The van der Waals surface area contributed by atoms with Crippen LogP contribution in [0.5, 0.6) is 0 Å². The van der Waals surface area contributed by atoms with Crippen molar-refractivity contribution in [2.75, 3.05) is 13.1 Å². The fourth-order valence-electron chi connectivity index (χ4n) is 5.06. The van der Waals surface area contributed by atoms with E-state index in [1.807, 2.05) is 6.07 Å². The molecule has 1 aliphatic rings. The summed E-state index contributed by atoms with van der Waals surface area (Å²) in [5, 5.41) is 48.9. The summed E-state index contributed by atoms with van der Waals surface area (Å²) in [4.78, 5) is 135. The zero-order valence-corrected chi connectivity index (χ0v) is 31.8. The Kier molecular flexibility index (Phi) is 19.1. The van der Waals surface area contributed by atoms with Crippen molar-refractivity contribution >= 4 is 87.8 Å². The number of amides is 7. The summed E-state index contributed by atoms with van der Waals surface area (Å²) >= 11 is 2.05. The quantitative estimate of drug-likeness (QED) is 0.0314. The molecular formula is C34H41IN6O15. The van der Waals surface area contributed by atoms with E-state index >= 15 is 0 Å². The molecule has 0 aromatic heterocycles. The highest BCUT2D eigenvalue weighted by Gasteiger charge is 2.33. The Bertz CT molecular complexity index is 1720. The van der Waals surface area contributed by atoms with Gasteiger partial charge in [0.25, 0.3) is 17.7 Å². The van der Waals surface area contributed by atoms with E-state index in [-0.39, 0.29) is 25.3 Å². The number of carboxylic acid groups (broad SMARTS) is 4. The molecule has 1 aromatic carbocycles. The second-order valence-corrected chi connectivity index (χ2v) is 13.5. The van der Waals surface area contributed by atoms with E-state index in [1.54, 1.807) is 18.2 Å². The van der Waals surface area contributed by atoms with E-state index in [1.165, 1.54) is 0 Å².